The van der Waals surface area contributed by atoms with E-state index in [2.05, 4.69) is 45.2 Å². The van der Waals surface area contributed by atoms with Crippen molar-refractivity contribution in [2.75, 3.05) is 0 Å². The lowest BCUT2D eigenvalue weighted by Gasteiger charge is -2.00. The zero-order valence-corrected chi connectivity index (χ0v) is 10.5. The smallest absolute Gasteiger partial charge is 0.0163 e. The first-order valence-electron chi connectivity index (χ1n) is 5.64. The van der Waals surface area contributed by atoms with Crippen LogP contribution in [0.3, 0.4) is 0 Å². The minimum Gasteiger partial charge on any atom is -0.100 e. The summed E-state index contributed by atoms with van der Waals surface area (Å²) in [6, 6.07) is 0. The van der Waals surface area contributed by atoms with Crippen molar-refractivity contribution in [1.29, 1.82) is 0 Å². The average Bonchev–Trinajstić information content (AvgIpc) is 2.11. The maximum absolute atomic E-state index is 3.91. The standard InChI is InChI=1S/C15H24/c1-13(2)9-6-7-11-15(5)12-8-10-14(3)4/h6,9,11H,1,3,7-8,10,12H2,2,4-5H3/b9-6+,15-11+. The molecule has 0 aliphatic rings. The van der Waals surface area contributed by atoms with Crippen molar-refractivity contribution in [3.63, 3.8) is 0 Å². The van der Waals surface area contributed by atoms with E-state index < -0.39 is 0 Å². The molecule has 0 saturated heterocycles. The summed E-state index contributed by atoms with van der Waals surface area (Å²) >= 11 is 0. The van der Waals surface area contributed by atoms with E-state index in [1.165, 1.54) is 24.0 Å². The van der Waals surface area contributed by atoms with Crippen molar-refractivity contribution in [3.8, 4) is 0 Å². The van der Waals surface area contributed by atoms with Gasteiger partial charge in [0.15, 0.2) is 0 Å². The Labute approximate surface area is 95.1 Å². The summed E-state index contributed by atoms with van der Waals surface area (Å²) in [7, 11) is 0. The van der Waals surface area contributed by atoms with Crippen LogP contribution >= 0.6 is 0 Å². The Morgan fingerprint density at radius 1 is 1.07 bits per heavy atom. The summed E-state index contributed by atoms with van der Waals surface area (Å²) in [5.41, 5.74) is 3.87. The van der Waals surface area contributed by atoms with Crippen molar-refractivity contribution in [3.05, 3.63) is 48.1 Å². The van der Waals surface area contributed by atoms with Gasteiger partial charge in [0.25, 0.3) is 0 Å². The van der Waals surface area contributed by atoms with E-state index in [0.29, 0.717) is 0 Å². The van der Waals surface area contributed by atoms with Crippen LogP contribution in [-0.2, 0) is 0 Å². The Morgan fingerprint density at radius 3 is 2.27 bits per heavy atom. The van der Waals surface area contributed by atoms with Crippen LogP contribution in [0, 0.1) is 0 Å². The molecule has 0 N–H and O–H groups in total. The lowest BCUT2D eigenvalue weighted by Crippen LogP contribution is -1.80. The van der Waals surface area contributed by atoms with E-state index in [-0.39, 0.29) is 0 Å². The molecule has 0 aromatic heterocycles. The molecule has 0 unspecified atom stereocenters. The Kier molecular flexibility index (Phi) is 7.71. The van der Waals surface area contributed by atoms with Crippen LogP contribution in [0.4, 0.5) is 0 Å². The number of rotatable bonds is 7. The summed E-state index contributed by atoms with van der Waals surface area (Å²) in [5, 5.41) is 0. The molecule has 15 heavy (non-hydrogen) atoms. The maximum atomic E-state index is 3.91. The fourth-order valence-electron chi connectivity index (χ4n) is 1.31. The first-order valence-corrected chi connectivity index (χ1v) is 5.64. The van der Waals surface area contributed by atoms with Gasteiger partial charge in [-0.2, -0.15) is 0 Å². The Morgan fingerprint density at radius 2 is 1.73 bits per heavy atom. The molecule has 0 heteroatoms. The van der Waals surface area contributed by atoms with Gasteiger partial charge >= 0.3 is 0 Å². The van der Waals surface area contributed by atoms with Crippen molar-refractivity contribution in [2.45, 2.75) is 46.5 Å². The fraction of sp³-hybridized carbons (Fsp3) is 0.467. The molecule has 0 aliphatic heterocycles. The van der Waals surface area contributed by atoms with Gasteiger partial charge in [0.05, 0.1) is 0 Å². The van der Waals surface area contributed by atoms with Crippen LogP contribution in [0.1, 0.15) is 46.5 Å². The number of hydrogen-bond donors (Lipinski definition) is 0. The maximum Gasteiger partial charge on any atom is -0.0163 e. The van der Waals surface area contributed by atoms with Gasteiger partial charge in [-0.3, -0.25) is 0 Å². The molecular weight excluding hydrogens is 180 g/mol. The van der Waals surface area contributed by atoms with E-state index in [1.807, 2.05) is 6.92 Å². The third kappa shape index (κ3) is 10.9. The number of hydrogen-bond acceptors (Lipinski definition) is 0. The molecule has 0 spiro atoms. The summed E-state index contributed by atoms with van der Waals surface area (Å²) in [5.74, 6) is 0. The second kappa shape index (κ2) is 8.28. The third-order valence-corrected chi connectivity index (χ3v) is 2.18. The van der Waals surface area contributed by atoms with Gasteiger partial charge in [0, 0.05) is 0 Å². The first-order chi connectivity index (χ1) is 7.02. The van der Waals surface area contributed by atoms with Gasteiger partial charge in [-0.05, 0) is 46.5 Å². The molecule has 0 atom stereocenters. The van der Waals surface area contributed by atoms with Gasteiger partial charge in [-0.25, -0.2) is 0 Å². The van der Waals surface area contributed by atoms with Gasteiger partial charge in [-0.15, -0.1) is 6.58 Å². The predicted octanol–water partition coefficient (Wildman–Crippen LogP) is 5.20. The van der Waals surface area contributed by atoms with Gasteiger partial charge in [0.1, 0.15) is 0 Å². The van der Waals surface area contributed by atoms with E-state index in [1.54, 1.807) is 0 Å². The van der Waals surface area contributed by atoms with Crippen molar-refractivity contribution >= 4 is 0 Å². The van der Waals surface area contributed by atoms with E-state index in [4.69, 9.17) is 0 Å². The summed E-state index contributed by atoms with van der Waals surface area (Å²) in [6.07, 6.45) is 11.1. The van der Waals surface area contributed by atoms with Crippen LogP contribution in [0.25, 0.3) is 0 Å². The Hall–Kier alpha value is -1.04. The normalized spacial score (nSPS) is 12.1. The third-order valence-electron chi connectivity index (χ3n) is 2.18. The summed E-state index contributed by atoms with van der Waals surface area (Å²) in [4.78, 5) is 0. The quantitative estimate of drug-likeness (QED) is 0.395. The highest BCUT2D eigenvalue weighted by Gasteiger charge is 1.90. The highest BCUT2D eigenvalue weighted by molar-refractivity contribution is 5.13. The first kappa shape index (κ1) is 14.0. The second-order valence-corrected chi connectivity index (χ2v) is 4.35. The van der Waals surface area contributed by atoms with Crippen molar-refractivity contribution in [1.82, 2.24) is 0 Å². The van der Waals surface area contributed by atoms with Gasteiger partial charge < -0.3 is 0 Å². The zero-order valence-electron chi connectivity index (χ0n) is 10.5. The van der Waals surface area contributed by atoms with E-state index in [9.17, 15) is 0 Å². The molecule has 0 nitrogen and oxygen atoms in total. The average molecular weight is 204 g/mol. The molecule has 0 bridgehead atoms. The zero-order chi connectivity index (χ0) is 11.7. The van der Waals surface area contributed by atoms with E-state index in [0.717, 1.165) is 18.4 Å². The van der Waals surface area contributed by atoms with E-state index >= 15 is 0 Å². The van der Waals surface area contributed by atoms with Crippen LogP contribution in [0.15, 0.2) is 48.1 Å². The molecule has 0 aromatic carbocycles. The molecule has 0 rings (SSSR count). The second-order valence-electron chi connectivity index (χ2n) is 4.35. The minimum absolute atomic E-state index is 1.02. The molecule has 0 aromatic rings. The molecule has 0 heterocycles. The van der Waals surface area contributed by atoms with Crippen LogP contribution < -0.4 is 0 Å². The van der Waals surface area contributed by atoms with Crippen molar-refractivity contribution in [2.24, 2.45) is 0 Å². The molecule has 84 valence electrons. The Bertz CT molecular complexity index is 264. The molecule has 0 saturated carbocycles. The molecular formula is C15H24. The SMILES string of the molecule is C=C(C)/C=C/C/C=C(\C)CCCC(=C)C. The molecule has 0 fully saturated rings. The predicted molar refractivity (Wildman–Crippen MR) is 71.0 cm³/mol. The van der Waals surface area contributed by atoms with Crippen LogP contribution in [0.2, 0.25) is 0 Å². The highest BCUT2D eigenvalue weighted by Crippen LogP contribution is 2.11. The lowest BCUT2D eigenvalue weighted by molar-refractivity contribution is 0.803. The van der Waals surface area contributed by atoms with Gasteiger partial charge in [-0.1, -0.05) is 41.5 Å². The van der Waals surface area contributed by atoms with Crippen LogP contribution in [0.5, 0.6) is 0 Å². The lowest BCUT2D eigenvalue weighted by atomic mass is 10.1. The van der Waals surface area contributed by atoms with Crippen molar-refractivity contribution < 1.29 is 0 Å². The monoisotopic (exact) mass is 204 g/mol. The largest absolute Gasteiger partial charge is 0.100 e. The van der Waals surface area contributed by atoms with Crippen LogP contribution in [-0.4, -0.2) is 0 Å². The molecule has 0 aliphatic carbocycles. The summed E-state index contributed by atoms with van der Waals surface area (Å²) in [6.45, 7) is 14.0. The highest BCUT2D eigenvalue weighted by atomic mass is 14.0. The minimum atomic E-state index is 1.02. The Balaban J connectivity index is 3.69. The fourth-order valence-corrected chi connectivity index (χ4v) is 1.31. The topological polar surface area (TPSA) is 0 Å². The molecule has 0 amide bonds. The van der Waals surface area contributed by atoms with Gasteiger partial charge in [0.2, 0.25) is 0 Å². The number of allylic oxidation sites excluding steroid dienone is 6. The summed E-state index contributed by atoms with van der Waals surface area (Å²) < 4.78 is 0. The molecule has 0 radical (unpaired) electrons.